The number of ether oxygens (including phenoxy) is 1. The lowest BCUT2D eigenvalue weighted by Gasteiger charge is -2.14. The van der Waals surface area contributed by atoms with E-state index in [-0.39, 0.29) is 5.91 Å². The summed E-state index contributed by atoms with van der Waals surface area (Å²) in [6.45, 7) is 4.27. The third-order valence-corrected chi connectivity index (χ3v) is 4.82. The van der Waals surface area contributed by atoms with Gasteiger partial charge in [-0.2, -0.15) is 5.10 Å². The van der Waals surface area contributed by atoms with Crippen LogP contribution in [0.4, 0.5) is 5.69 Å². The summed E-state index contributed by atoms with van der Waals surface area (Å²) >= 11 is 0. The predicted molar refractivity (Wildman–Crippen MR) is 103 cm³/mol. The van der Waals surface area contributed by atoms with Crippen LogP contribution in [0.25, 0.3) is 17.0 Å². The van der Waals surface area contributed by atoms with Crippen LogP contribution < -0.4 is 10.1 Å². The maximum atomic E-state index is 11.9. The van der Waals surface area contributed by atoms with Crippen molar-refractivity contribution in [3.63, 3.8) is 0 Å². The molecule has 2 heterocycles. The third kappa shape index (κ3) is 3.37. The summed E-state index contributed by atoms with van der Waals surface area (Å²) in [5.41, 5.74) is 4.64. The number of nitrogens with zero attached hydrogens (tertiary/aromatic N) is 4. The molecule has 0 saturated heterocycles. The monoisotopic (exact) mass is 365 g/mol. The molecule has 1 aliphatic carbocycles. The fraction of sp³-hybridized carbons (Fsp3) is 0.400. The summed E-state index contributed by atoms with van der Waals surface area (Å²) in [5.74, 6) is 1.21. The smallest absolute Gasteiger partial charge is 0.254 e. The molecular weight excluding hydrogens is 342 g/mol. The molecule has 0 bridgehead atoms. The summed E-state index contributed by atoms with van der Waals surface area (Å²) < 4.78 is 7.70. The quantitative estimate of drug-likeness (QED) is 0.749. The highest BCUT2D eigenvalue weighted by Crippen LogP contribution is 2.31. The minimum absolute atomic E-state index is 0.0527. The molecule has 27 heavy (non-hydrogen) atoms. The van der Waals surface area contributed by atoms with Gasteiger partial charge in [-0.3, -0.25) is 9.20 Å². The van der Waals surface area contributed by atoms with E-state index in [1.54, 1.807) is 0 Å². The van der Waals surface area contributed by atoms with Crippen LogP contribution in [-0.2, 0) is 17.6 Å². The van der Waals surface area contributed by atoms with Crippen LogP contribution in [-0.4, -0.2) is 32.1 Å². The summed E-state index contributed by atoms with van der Waals surface area (Å²) in [4.78, 5) is 16.5. The number of hydrogen-bond donors (Lipinski definition) is 1. The topological polar surface area (TPSA) is 81.4 Å². The minimum atomic E-state index is -0.0527. The highest BCUT2D eigenvalue weighted by Gasteiger charge is 2.17. The maximum Gasteiger partial charge on any atom is 0.254 e. The fourth-order valence-corrected chi connectivity index (χ4v) is 3.43. The largest absolute Gasteiger partial charge is 0.492 e. The minimum Gasteiger partial charge on any atom is -0.492 e. The second-order valence-electron chi connectivity index (χ2n) is 6.64. The second-order valence-corrected chi connectivity index (χ2v) is 6.64. The van der Waals surface area contributed by atoms with Crippen LogP contribution in [0.3, 0.4) is 0 Å². The molecule has 140 valence electrons. The van der Waals surface area contributed by atoms with Gasteiger partial charge in [0, 0.05) is 23.9 Å². The molecule has 1 aromatic carbocycles. The number of amides is 1. The highest BCUT2D eigenvalue weighted by molar-refractivity contribution is 5.93. The maximum absolute atomic E-state index is 11.9. The van der Waals surface area contributed by atoms with Gasteiger partial charge in [-0.05, 0) is 50.8 Å². The molecule has 2 aromatic heterocycles. The average Bonchev–Trinajstić information content (AvgIpc) is 3.14. The zero-order valence-corrected chi connectivity index (χ0v) is 15.7. The molecule has 0 spiro atoms. The Morgan fingerprint density at radius 1 is 1.22 bits per heavy atom. The van der Waals surface area contributed by atoms with E-state index >= 15 is 0 Å². The Bertz CT molecular complexity index is 995. The third-order valence-electron chi connectivity index (χ3n) is 4.82. The number of carbonyl (C=O) groups is 1. The lowest BCUT2D eigenvalue weighted by atomic mass is 10.0. The zero-order chi connectivity index (χ0) is 18.8. The number of benzene rings is 1. The molecular formula is C20H23N5O2. The molecule has 7 nitrogen and oxygen atoms in total. The lowest BCUT2D eigenvalue weighted by molar-refractivity contribution is -0.115. The van der Waals surface area contributed by atoms with Crippen molar-refractivity contribution in [3.05, 3.63) is 35.8 Å². The van der Waals surface area contributed by atoms with E-state index in [9.17, 15) is 4.79 Å². The van der Waals surface area contributed by atoms with E-state index in [0.717, 1.165) is 42.6 Å². The zero-order valence-electron chi connectivity index (χ0n) is 15.7. The van der Waals surface area contributed by atoms with Crippen molar-refractivity contribution >= 4 is 17.4 Å². The van der Waals surface area contributed by atoms with Gasteiger partial charge in [0.25, 0.3) is 5.78 Å². The summed E-state index contributed by atoms with van der Waals surface area (Å²) in [6, 6.07) is 5.73. The van der Waals surface area contributed by atoms with Gasteiger partial charge in [0.1, 0.15) is 5.75 Å². The Balaban J connectivity index is 1.76. The van der Waals surface area contributed by atoms with Crippen LogP contribution in [0.1, 0.15) is 44.5 Å². The first-order chi connectivity index (χ1) is 13.2. The lowest BCUT2D eigenvalue weighted by Crippen LogP contribution is -2.12. The van der Waals surface area contributed by atoms with E-state index in [1.165, 1.54) is 5.69 Å². The van der Waals surface area contributed by atoms with Gasteiger partial charge in [0.2, 0.25) is 5.91 Å². The standard InChI is InChI=1S/C20H23N5O2/c1-3-19(26)21-15-11-13(9-10-18(15)27-4-2)16-12-25-17-8-6-5-7-14(17)23-24-20(25)22-16/h9-12H,3-8H2,1-2H3,(H,21,26). The van der Waals surface area contributed by atoms with Crippen LogP contribution in [0.5, 0.6) is 5.75 Å². The number of rotatable bonds is 5. The molecule has 3 aromatic rings. The molecule has 0 saturated carbocycles. The van der Waals surface area contributed by atoms with E-state index < -0.39 is 0 Å². The molecule has 1 N–H and O–H groups in total. The van der Waals surface area contributed by atoms with Gasteiger partial charge in [-0.1, -0.05) is 6.92 Å². The van der Waals surface area contributed by atoms with Crippen LogP contribution >= 0.6 is 0 Å². The van der Waals surface area contributed by atoms with Gasteiger partial charge in [-0.15, -0.1) is 5.10 Å². The van der Waals surface area contributed by atoms with Gasteiger partial charge < -0.3 is 10.1 Å². The van der Waals surface area contributed by atoms with Crippen molar-refractivity contribution in [2.75, 3.05) is 11.9 Å². The number of carbonyl (C=O) groups excluding carboxylic acids is 1. The summed E-state index contributed by atoms with van der Waals surface area (Å²) in [7, 11) is 0. The van der Waals surface area contributed by atoms with E-state index in [2.05, 4.69) is 24.9 Å². The van der Waals surface area contributed by atoms with Gasteiger partial charge >= 0.3 is 0 Å². The molecule has 1 amide bonds. The first kappa shape index (κ1) is 17.5. The van der Waals surface area contributed by atoms with Gasteiger partial charge in [0.15, 0.2) is 0 Å². The van der Waals surface area contributed by atoms with Gasteiger partial charge in [-0.25, -0.2) is 4.98 Å². The summed E-state index contributed by atoms with van der Waals surface area (Å²) in [6.07, 6.45) is 6.72. The number of aryl methyl sites for hydroxylation is 2. The number of anilines is 1. The van der Waals surface area contributed by atoms with Crippen molar-refractivity contribution < 1.29 is 9.53 Å². The van der Waals surface area contributed by atoms with Crippen LogP contribution in [0.2, 0.25) is 0 Å². The highest BCUT2D eigenvalue weighted by atomic mass is 16.5. The number of fused-ring (bicyclic) bond motifs is 3. The number of aromatic nitrogens is 4. The van der Waals surface area contributed by atoms with E-state index in [0.29, 0.717) is 30.2 Å². The second kappa shape index (κ2) is 7.34. The van der Waals surface area contributed by atoms with Crippen molar-refractivity contribution in [3.8, 4) is 17.0 Å². The molecule has 0 unspecified atom stereocenters. The SMILES string of the molecule is CCOc1ccc(-c2cn3c4c(nnc3n2)CCCC4)cc1NC(=O)CC. The first-order valence-electron chi connectivity index (χ1n) is 9.50. The summed E-state index contributed by atoms with van der Waals surface area (Å²) in [5, 5.41) is 11.5. The van der Waals surface area contributed by atoms with Crippen LogP contribution in [0, 0.1) is 0 Å². The number of nitrogens with one attached hydrogen (secondary N) is 1. The van der Waals surface area contributed by atoms with Crippen LogP contribution in [0.15, 0.2) is 24.4 Å². The van der Waals surface area contributed by atoms with Crippen molar-refractivity contribution in [1.82, 2.24) is 19.6 Å². The van der Waals surface area contributed by atoms with Crippen molar-refractivity contribution in [1.29, 1.82) is 0 Å². The Morgan fingerprint density at radius 3 is 2.89 bits per heavy atom. The number of imidazole rings is 1. The Morgan fingerprint density at radius 2 is 2.07 bits per heavy atom. The molecule has 0 aliphatic heterocycles. The first-order valence-corrected chi connectivity index (χ1v) is 9.50. The van der Waals surface area contributed by atoms with E-state index in [4.69, 9.17) is 4.74 Å². The number of hydrogen-bond acceptors (Lipinski definition) is 5. The average molecular weight is 365 g/mol. The molecule has 7 heteroatoms. The van der Waals surface area contributed by atoms with E-state index in [1.807, 2.05) is 38.2 Å². The molecule has 0 fully saturated rings. The normalized spacial score (nSPS) is 13.4. The molecule has 1 aliphatic rings. The van der Waals surface area contributed by atoms with Gasteiger partial charge in [0.05, 0.1) is 23.7 Å². The Labute approximate surface area is 157 Å². The predicted octanol–water partition coefficient (Wildman–Crippen LogP) is 3.42. The Hall–Kier alpha value is -2.96. The van der Waals surface area contributed by atoms with Crippen molar-refractivity contribution in [2.24, 2.45) is 0 Å². The van der Waals surface area contributed by atoms with Crippen molar-refractivity contribution in [2.45, 2.75) is 46.0 Å². The molecule has 4 rings (SSSR count). The molecule has 0 atom stereocenters. The Kier molecular flexibility index (Phi) is 4.75. The fourth-order valence-electron chi connectivity index (χ4n) is 3.43. The molecule has 0 radical (unpaired) electrons.